The van der Waals surface area contributed by atoms with Gasteiger partial charge in [-0.2, -0.15) is 0 Å². The molecule has 2 aromatic rings. The Morgan fingerprint density at radius 3 is 2.48 bits per heavy atom. The van der Waals surface area contributed by atoms with Gasteiger partial charge < -0.3 is 10.2 Å². The molecule has 1 aromatic carbocycles. The number of nitrogens with one attached hydrogen (secondary N) is 1. The monoisotopic (exact) mass is 389 g/mol. The van der Waals surface area contributed by atoms with E-state index >= 15 is 0 Å². The van der Waals surface area contributed by atoms with Crippen LogP contribution in [0.4, 0.5) is 16.5 Å². The van der Waals surface area contributed by atoms with Crippen molar-refractivity contribution in [2.75, 3.05) is 42.9 Å². The highest BCUT2D eigenvalue weighted by atomic mass is 32.1. The molecule has 1 fully saturated rings. The molecule has 3 rings (SSSR count). The van der Waals surface area contributed by atoms with E-state index in [1.807, 2.05) is 6.92 Å². The Labute approximate surface area is 162 Å². The van der Waals surface area contributed by atoms with Crippen molar-refractivity contribution in [1.29, 1.82) is 0 Å². The first-order chi connectivity index (χ1) is 13.0. The molecule has 0 aliphatic carbocycles. The van der Waals surface area contributed by atoms with Crippen molar-refractivity contribution < 1.29 is 9.72 Å². The third kappa shape index (κ3) is 4.81. The van der Waals surface area contributed by atoms with Crippen molar-refractivity contribution in [3.05, 3.63) is 45.0 Å². The third-order valence-corrected chi connectivity index (χ3v) is 5.57. The first kappa shape index (κ1) is 19.2. The molecule has 0 bridgehead atoms. The summed E-state index contributed by atoms with van der Waals surface area (Å²) in [6, 6.07) is 6.60. The third-order valence-electron chi connectivity index (χ3n) is 4.64. The molecule has 1 aliphatic rings. The highest BCUT2D eigenvalue weighted by Gasteiger charge is 2.20. The number of aryl methyl sites for hydroxylation is 2. The Kier molecular flexibility index (Phi) is 6.02. The fourth-order valence-corrected chi connectivity index (χ4v) is 4.04. The Balaban J connectivity index is 1.48. The van der Waals surface area contributed by atoms with E-state index in [9.17, 15) is 14.9 Å². The predicted octanol–water partition coefficient (Wildman–Crippen LogP) is 2.68. The van der Waals surface area contributed by atoms with E-state index in [2.05, 4.69) is 27.0 Å². The molecule has 2 heterocycles. The number of nitro benzene ring substituents is 1. The number of non-ortho nitro benzene ring substituents is 1. The summed E-state index contributed by atoms with van der Waals surface area (Å²) < 4.78 is 0. The number of aromatic nitrogens is 1. The maximum Gasteiger partial charge on any atom is 0.269 e. The van der Waals surface area contributed by atoms with Crippen LogP contribution in [0.15, 0.2) is 24.3 Å². The Morgan fingerprint density at radius 1 is 1.26 bits per heavy atom. The van der Waals surface area contributed by atoms with Crippen LogP contribution in [0, 0.1) is 17.0 Å². The van der Waals surface area contributed by atoms with E-state index in [-0.39, 0.29) is 11.6 Å². The zero-order valence-electron chi connectivity index (χ0n) is 15.5. The molecule has 1 N–H and O–H groups in total. The molecule has 0 atom stereocenters. The molecule has 9 heteroatoms. The van der Waals surface area contributed by atoms with Gasteiger partial charge in [0.2, 0.25) is 5.91 Å². The molecule has 27 heavy (non-hydrogen) atoms. The van der Waals surface area contributed by atoms with Gasteiger partial charge in [0.1, 0.15) is 0 Å². The lowest BCUT2D eigenvalue weighted by Crippen LogP contribution is -2.48. The van der Waals surface area contributed by atoms with Crippen LogP contribution >= 0.6 is 11.3 Å². The maximum absolute atomic E-state index is 12.3. The minimum Gasteiger partial charge on any atom is -0.369 e. The summed E-state index contributed by atoms with van der Waals surface area (Å²) in [4.78, 5) is 32.5. The predicted molar refractivity (Wildman–Crippen MR) is 107 cm³/mol. The SMILES string of the molecule is CCc1nc(NC(=O)CN2CCN(c3ccc([N+](=O)[O-])cc3)CC2)sc1C. The highest BCUT2D eigenvalue weighted by molar-refractivity contribution is 7.15. The molecule has 144 valence electrons. The van der Waals surface area contributed by atoms with Gasteiger partial charge in [-0.05, 0) is 25.5 Å². The van der Waals surface area contributed by atoms with Gasteiger partial charge in [-0.1, -0.05) is 6.92 Å². The number of hydrogen-bond donors (Lipinski definition) is 1. The summed E-state index contributed by atoms with van der Waals surface area (Å²) in [5.41, 5.74) is 2.10. The highest BCUT2D eigenvalue weighted by Crippen LogP contribution is 2.23. The molecular weight excluding hydrogens is 366 g/mol. The minimum atomic E-state index is -0.395. The van der Waals surface area contributed by atoms with Crippen molar-refractivity contribution in [1.82, 2.24) is 9.88 Å². The summed E-state index contributed by atoms with van der Waals surface area (Å²) in [6.07, 6.45) is 0.864. The smallest absolute Gasteiger partial charge is 0.269 e. The maximum atomic E-state index is 12.3. The summed E-state index contributed by atoms with van der Waals surface area (Å²) in [7, 11) is 0. The number of piperazine rings is 1. The van der Waals surface area contributed by atoms with Gasteiger partial charge in [0, 0.05) is 48.9 Å². The second kappa shape index (κ2) is 8.45. The Bertz CT molecular complexity index is 813. The van der Waals surface area contributed by atoms with Crippen molar-refractivity contribution >= 4 is 33.8 Å². The average molecular weight is 389 g/mol. The minimum absolute atomic E-state index is 0.0461. The molecule has 1 saturated heterocycles. The van der Waals surface area contributed by atoms with E-state index in [0.29, 0.717) is 11.7 Å². The van der Waals surface area contributed by atoms with Gasteiger partial charge in [0.05, 0.1) is 17.2 Å². The van der Waals surface area contributed by atoms with Crippen molar-refractivity contribution in [2.24, 2.45) is 0 Å². The van der Waals surface area contributed by atoms with E-state index in [1.54, 1.807) is 12.1 Å². The van der Waals surface area contributed by atoms with Gasteiger partial charge in [0.15, 0.2) is 5.13 Å². The van der Waals surface area contributed by atoms with Gasteiger partial charge in [-0.3, -0.25) is 19.8 Å². The number of thiazole rings is 1. The number of anilines is 2. The number of nitro groups is 1. The van der Waals surface area contributed by atoms with Crippen LogP contribution < -0.4 is 10.2 Å². The van der Waals surface area contributed by atoms with E-state index in [1.165, 1.54) is 23.5 Å². The average Bonchev–Trinajstić information content (AvgIpc) is 3.01. The van der Waals surface area contributed by atoms with Gasteiger partial charge in [0.25, 0.3) is 5.69 Å². The second-order valence-electron chi connectivity index (χ2n) is 6.46. The topological polar surface area (TPSA) is 91.6 Å². The van der Waals surface area contributed by atoms with Gasteiger partial charge >= 0.3 is 0 Å². The molecule has 0 spiro atoms. The number of benzene rings is 1. The first-order valence-corrected chi connectivity index (χ1v) is 9.76. The summed E-state index contributed by atoms with van der Waals surface area (Å²) in [5.74, 6) is -0.0461. The number of carbonyl (C=O) groups is 1. The number of nitrogens with zero attached hydrogens (tertiary/aromatic N) is 4. The first-order valence-electron chi connectivity index (χ1n) is 8.94. The molecule has 1 aromatic heterocycles. The molecule has 1 amide bonds. The number of hydrogen-bond acceptors (Lipinski definition) is 7. The zero-order chi connectivity index (χ0) is 19.4. The van der Waals surface area contributed by atoms with Crippen LogP contribution in [0.25, 0.3) is 0 Å². The van der Waals surface area contributed by atoms with E-state index in [4.69, 9.17) is 0 Å². The van der Waals surface area contributed by atoms with Crippen molar-refractivity contribution in [2.45, 2.75) is 20.3 Å². The summed E-state index contributed by atoms with van der Waals surface area (Å²) in [6.45, 7) is 7.50. The molecule has 0 saturated carbocycles. The molecule has 1 aliphatic heterocycles. The molecule has 0 radical (unpaired) electrons. The van der Waals surface area contributed by atoms with Crippen LogP contribution in [0.5, 0.6) is 0 Å². The zero-order valence-corrected chi connectivity index (χ0v) is 16.3. The Hall–Kier alpha value is -2.52. The number of amides is 1. The van der Waals surface area contributed by atoms with Crippen LogP contribution in [-0.4, -0.2) is 53.4 Å². The molecular formula is C18H23N5O3S. The lowest BCUT2D eigenvalue weighted by atomic mass is 10.2. The van der Waals surface area contributed by atoms with Gasteiger partial charge in [-0.25, -0.2) is 4.98 Å². The standard InChI is InChI=1S/C18H23N5O3S/c1-3-16-13(2)27-18(19-16)20-17(24)12-21-8-10-22(11-9-21)14-4-6-15(7-5-14)23(25)26/h4-7H,3,8-12H2,1-2H3,(H,19,20,24). The normalized spacial score (nSPS) is 15.0. The van der Waals surface area contributed by atoms with Gasteiger partial charge in [-0.15, -0.1) is 11.3 Å². The lowest BCUT2D eigenvalue weighted by molar-refractivity contribution is -0.384. The number of rotatable bonds is 6. The van der Waals surface area contributed by atoms with Crippen molar-refractivity contribution in [3.8, 4) is 0 Å². The summed E-state index contributed by atoms with van der Waals surface area (Å²) in [5, 5.41) is 14.3. The van der Waals surface area contributed by atoms with Crippen molar-refractivity contribution in [3.63, 3.8) is 0 Å². The molecule has 8 nitrogen and oxygen atoms in total. The fourth-order valence-electron chi connectivity index (χ4n) is 3.12. The number of carbonyl (C=O) groups excluding carboxylic acids is 1. The quantitative estimate of drug-likeness (QED) is 0.603. The van der Waals surface area contributed by atoms with Crippen LogP contribution in [0.2, 0.25) is 0 Å². The molecule has 0 unspecified atom stereocenters. The van der Waals surface area contributed by atoms with Crippen LogP contribution in [0.1, 0.15) is 17.5 Å². The van der Waals surface area contributed by atoms with E-state index in [0.717, 1.165) is 48.9 Å². The van der Waals surface area contributed by atoms with Crippen LogP contribution in [-0.2, 0) is 11.2 Å². The lowest BCUT2D eigenvalue weighted by Gasteiger charge is -2.35. The summed E-state index contributed by atoms with van der Waals surface area (Å²) >= 11 is 1.51. The second-order valence-corrected chi connectivity index (χ2v) is 7.66. The van der Waals surface area contributed by atoms with Crippen LogP contribution in [0.3, 0.4) is 0 Å². The Morgan fingerprint density at radius 2 is 1.93 bits per heavy atom. The largest absolute Gasteiger partial charge is 0.369 e. The fraction of sp³-hybridized carbons (Fsp3) is 0.444. The van der Waals surface area contributed by atoms with E-state index < -0.39 is 4.92 Å².